The van der Waals surface area contributed by atoms with Gasteiger partial charge in [-0.3, -0.25) is 4.79 Å². The van der Waals surface area contributed by atoms with E-state index in [2.05, 4.69) is 10.6 Å². The molecule has 1 aliphatic rings. The zero-order chi connectivity index (χ0) is 13.7. The minimum absolute atomic E-state index is 0.0809. The molecule has 1 saturated heterocycles. The van der Waals surface area contributed by atoms with Crippen LogP contribution in [0.3, 0.4) is 0 Å². The van der Waals surface area contributed by atoms with Crippen LogP contribution in [0.1, 0.15) is 30.1 Å². The van der Waals surface area contributed by atoms with Gasteiger partial charge >= 0.3 is 0 Å². The van der Waals surface area contributed by atoms with Gasteiger partial charge in [0.25, 0.3) is 5.91 Å². The summed E-state index contributed by atoms with van der Waals surface area (Å²) < 4.78 is 5.55. The Bertz CT molecular complexity index is 442. The van der Waals surface area contributed by atoms with Crippen LogP contribution in [0.5, 0.6) is 0 Å². The van der Waals surface area contributed by atoms with Gasteiger partial charge in [-0.1, -0.05) is 0 Å². The number of rotatable bonds is 5. The van der Waals surface area contributed by atoms with E-state index in [1.807, 2.05) is 6.92 Å². The van der Waals surface area contributed by atoms with Gasteiger partial charge in [-0.05, 0) is 38.0 Å². The highest BCUT2D eigenvalue weighted by molar-refractivity contribution is 5.96. The monoisotopic (exact) mass is 263 g/mol. The Morgan fingerprint density at radius 2 is 2.37 bits per heavy atom. The highest BCUT2D eigenvalue weighted by Gasteiger charge is 2.15. The molecule has 5 nitrogen and oxygen atoms in total. The van der Waals surface area contributed by atoms with E-state index in [0.29, 0.717) is 17.8 Å². The molecule has 1 amide bonds. The van der Waals surface area contributed by atoms with Crippen LogP contribution in [-0.2, 0) is 4.74 Å². The molecular weight excluding hydrogens is 242 g/mol. The van der Waals surface area contributed by atoms with Gasteiger partial charge in [-0.25, -0.2) is 0 Å². The first-order valence-corrected chi connectivity index (χ1v) is 6.74. The van der Waals surface area contributed by atoms with Crippen molar-refractivity contribution in [2.75, 3.05) is 30.7 Å². The normalized spacial score (nSPS) is 18.3. The second-order valence-corrected chi connectivity index (χ2v) is 4.68. The van der Waals surface area contributed by atoms with E-state index in [0.717, 1.165) is 31.7 Å². The first kappa shape index (κ1) is 13.7. The molecule has 0 aromatic heterocycles. The molecule has 4 N–H and O–H groups in total. The first-order valence-electron chi connectivity index (χ1n) is 6.74. The van der Waals surface area contributed by atoms with Crippen LogP contribution >= 0.6 is 0 Å². The summed E-state index contributed by atoms with van der Waals surface area (Å²) in [6, 6.07) is 5.27. The van der Waals surface area contributed by atoms with Crippen LogP contribution in [-0.4, -0.2) is 31.7 Å². The lowest BCUT2D eigenvalue weighted by molar-refractivity contribution is 0.0956. The first-order chi connectivity index (χ1) is 9.20. The van der Waals surface area contributed by atoms with Gasteiger partial charge in [0.1, 0.15) is 0 Å². The van der Waals surface area contributed by atoms with E-state index >= 15 is 0 Å². The molecule has 0 aliphatic carbocycles. The third kappa shape index (κ3) is 3.61. The van der Waals surface area contributed by atoms with E-state index in [1.54, 1.807) is 18.2 Å². The molecule has 1 heterocycles. The van der Waals surface area contributed by atoms with Crippen LogP contribution in [0, 0.1) is 0 Å². The van der Waals surface area contributed by atoms with Crippen LogP contribution in [0.15, 0.2) is 18.2 Å². The Hall–Kier alpha value is -1.75. The fourth-order valence-corrected chi connectivity index (χ4v) is 2.14. The summed E-state index contributed by atoms with van der Waals surface area (Å²) in [4.78, 5) is 11.8. The van der Waals surface area contributed by atoms with Gasteiger partial charge in [-0.15, -0.1) is 0 Å². The van der Waals surface area contributed by atoms with Crippen molar-refractivity contribution in [3.05, 3.63) is 23.8 Å². The maximum atomic E-state index is 11.8. The Morgan fingerprint density at radius 1 is 1.53 bits per heavy atom. The van der Waals surface area contributed by atoms with E-state index in [1.165, 1.54) is 0 Å². The highest BCUT2D eigenvalue weighted by atomic mass is 16.5. The average molecular weight is 263 g/mol. The molecule has 2 rings (SSSR count). The van der Waals surface area contributed by atoms with E-state index < -0.39 is 0 Å². The van der Waals surface area contributed by atoms with Crippen LogP contribution in [0.2, 0.25) is 0 Å². The number of hydrogen-bond donors (Lipinski definition) is 3. The SMILES string of the molecule is CCNC(=O)c1ccc(N)c(NCC2CCCO2)c1. The lowest BCUT2D eigenvalue weighted by Crippen LogP contribution is -2.23. The third-order valence-corrected chi connectivity index (χ3v) is 3.20. The van der Waals surface area contributed by atoms with Crippen molar-refractivity contribution < 1.29 is 9.53 Å². The van der Waals surface area contributed by atoms with Gasteiger partial charge in [-0.2, -0.15) is 0 Å². The number of amides is 1. The maximum absolute atomic E-state index is 11.8. The minimum Gasteiger partial charge on any atom is -0.397 e. The van der Waals surface area contributed by atoms with Crippen molar-refractivity contribution in [3.63, 3.8) is 0 Å². The minimum atomic E-state index is -0.0809. The summed E-state index contributed by atoms with van der Waals surface area (Å²) in [5.74, 6) is -0.0809. The molecule has 1 aromatic carbocycles. The molecule has 0 radical (unpaired) electrons. The fraction of sp³-hybridized carbons (Fsp3) is 0.500. The van der Waals surface area contributed by atoms with Crippen molar-refractivity contribution >= 4 is 17.3 Å². The van der Waals surface area contributed by atoms with E-state index in [9.17, 15) is 4.79 Å². The fourth-order valence-electron chi connectivity index (χ4n) is 2.14. The Morgan fingerprint density at radius 3 is 3.05 bits per heavy atom. The zero-order valence-corrected chi connectivity index (χ0v) is 11.2. The van der Waals surface area contributed by atoms with Crippen LogP contribution in [0.4, 0.5) is 11.4 Å². The van der Waals surface area contributed by atoms with Crippen molar-refractivity contribution in [1.82, 2.24) is 5.32 Å². The predicted molar refractivity (Wildman–Crippen MR) is 76.3 cm³/mol. The second-order valence-electron chi connectivity index (χ2n) is 4.68. The molecular formula is C14H21N3O2. The molecule has 0 bridgehead atoms. The summed E-state index contributed by atoms with van der Waals surface area (Å²) in [5.41, 5.74) is 7.97. The predicted octanol–water partition coefficient (Wildman–Crippen LogP) is 1.61. The standard InChI is InChI=1S/C14H21N3O2/c1-2-16-14(18)10-5-6-12(15)13(8-10)17-9-11-4-3-7-19-11/h5-6,8,11,17H,2-4,7,9,15H2,1H3,(H,16,18). The topological polar surface area (TPSA) is 76.4 Å². The maximum Gasteiger partial charge on any atom is 0.251 e. The van der Waals surface area contributed by atoms with Gasteiger partial charge in [0.05, 0.1) is 17.5 Å². The number of nitrogens with one attached hydrogen (secondary N) is 2. The number of anilines is 2. The van der Waals surface area contributed by atoms with Crippen LogP contribution < -0.4 is 16.4 Å². The number of nitrogens with two attached hydrogens (primary N) is 1. The smallest absolute Gasteiger partial charge is 0.251 e. The number of ether oxygens (including phenoxy) is 1. The molecule has 1 aliphatic heterocycles. The molecule has 1 unspecified atom stereocenters. The summed E-state index contributed by atoms with van der Waals surface area (Å²) >= 11 is 0. The summed E-state index contributed by atoms with van der Waals surface area (Å²) in [7, 11) is 0. The molecule has 0 spiro atoms. The summed E-state index contributed by atoms with van der Waals surface area (Å²) in [5, 5.41) is 6.04. The third-order valence-electron chi connectivity index (χ3n) is 3.20. The number of carbonyl (C=O) groups is 1. The molecule has 104 valence electrons. The van der Waals surface area contributed by atoms with Crippen molar-refractivity contribution in [1.29, 1.82) is 0 Å². The van der Waals surface area contributed by atoms with Gasteiger partial charge in [0.15, 0.2) is 0 Å². The largest absolute Gasteiger partial charge is 0.397 e. The highest BCUT2D eigenvalue weighted by Crippen LogP contribution is 2.21. The number of hydrogen-bond acceptors (Lipinski definition) is 4. The number of benzene rings is 1. The van der Waals surface area contributed by atoms with Gasteiger partial charge in [0, 0.05) is 25.3 Å². The lowest BCUT2D eigenvalue weighted by atomic mass is 10.1. The van der Waals surface area contributed by atoms with Gasteiger partial charge in [0.2, 0.25) is 0 Å². The lowest BCUT2D eigenvalue weighted by Gasteiger charge is -2.14. The molecule has 19 heavy (non-hydrogen) atoms. The molecule has 1 fully saturated rings. The van der Waals surface area contributed by atoms with Crippen molar-refractivity contribution in [2.24, 2.45) is 0 Å². The summed E-state index contributed by atoms with van der Waals surface area (Å²) in [6.07, 6.45) is 2.43. The average Bonchev–Trinajstić information content (AvgIpc) is 2.91. The van der Waals surface area contributed by atoms with E-state index in [4.69, 9.17) is 10.5 Å². The molecule has 5 heteroatoms. The quantitative estimate of drug-likeness (QED) is 0.705. The summed E-state index contributed by atoms with van der Waals surface area (Å²) in [6.45, 7) is 4.07. The zero-order valence-electron chi connectivity index (χ0n) is 11.2. The van der Waals surface area contributed by atoms with Crippen molar-refractivity contribution in [3.8, 4) is 0 Å². The number of carbonyl (C=O) groups excluding carboxylic acids is 1. The Balaban J connectivity index is 2.01. The van der Waals surface area contributed by atoms with Crippen LogP contribution in [0.25, 0.3) is 0 Å². The van der Waals surface area contributed by atoms with Gasteiger partial charge < -0.3 is 21.1 Å². The molecule has 1 atom stereocenters. The Kier molecular flexibility index (Phi) is 4.63. The second kappa shape index (κ2) is 6.43. The Labute approximate surface area is 113 Å². The van der Waals surface area contributed by atoms with Crippen molar-refractivity contribution in [2.45, 2.75) is 25.9 Å². The number of nitrogen functional groups attached to an aromatic ring is 1. The van der Waals surface area contributed by atoms with E-state index in [-0.39, 0.29) is 12.0 Å². The molecule has 1 aromatic rings. The molecule has 0 saturated carbocycles.